The van der Waals surface area contributed by atoms with Crippen LogP contribution in [0.1, 0.15) is 0 Å². The highest BCUT2D eigenvalue weighted by Crippen LogP contribution is 2.40. The van der Waals surface area contributed by atoms with Crippen molar-refractivity contribution in [2.75, 3.05) is 0 Å². The molecule has 0 saturated heterocycles. The standard InChI is InChI=1S/C27H16N4S/c1-2-9-17(10-3-1)31-26(30-25-27(31)29-22-15-6-5-14-21(22)28-25)20-13-8-12-19-18-11-4-7-16-23(18)32-24(19)20/h1-16H. The average molecular weight is 429 g/mol. The summed E-state index contributed by atoms with van der Waals surface area (Å²) in [5, 5.41) is 2.53. The maximum Gasteiger partial charge on any atom is 0.199 e. The molecule has 0 aliphatic rings. The van der Waals surface area contributed by atoms with Crippen LogP contribution in [0.5, 0.6) is 0 Å². The maximum absolute atomic E-state index is 5.03. The first-order valence-corrected chi connectivity index (χ1v) is 11.3. The second-order valence-electron chi connectivity index (χ2n) is 7.75. The zero-order valence-corrected chi connectivity index (χ0v) is 17.8. The predicted molar refractivity (Wildman–Crippen MR) is 132 cm³/mol. The van der Waals surface area contributed by atoms with E-state index in [1.54, 1.807) is 11.3 Å². The second kappa shape index (κ2) is 6.70. The van der Waals surface area contributed by atoms with Crippen molar-refractivity contribution in [3.05, 3.63) is 97.1 Å². The van der Waals surface area contributed by atoms with E-state index in [9.17, 15) is 0 Å². The van der Waals surface area contributed by atoms with Gasteiger partial charge in [-0.3, -0.25) is 4.57 Å². The van der Waals surface area contributed by atoms with Crippen molar-refractivity contribution in [2.45, 2.75) is 0 Å². The molecule has 0 aliphatic carbocycles. The lowest BCUT2D eigenvalue weighted by molar-refractivity contribution is 1.09. The number of para-hydroxylation sites is 3. The number of hydrogen-bond acceptors (Lipinski definition) is 4. The molecule has 0 amide bonds. The van der Waals surface area contributed by atoms with E-state index in [0.29, 0.717) is 5.65 Å². The third kappa shape index (κ3) is 2.52. The lowest BCUT2D eigenvalue weighted by Crippen LogP contribution is -1.99. The minimum Gasteiger partial charge on any atom is -0.275 e. The molecule has 0 fully saturated rings. The first-order valence-electron chi connectivity index (χ1n) is 10.5. The number of aromatic nitrogens is 4. The molecule has 7 rings (SSSR count). The highest BCUT2D eigenvalue weighted by molar-refractivity contribution is 7.26. The molecule has 5 heteroatoms. The molecule has 4 aromatic carbocycles. The van der Waals surface area contributed by atoms with Crippen molar-refractivity contribution in [1.29, 1.82) is 0 Å². The second-order valence-corrected chi connectivity index (χ2v) is 8.80. The molecular weight excluding hydrogens is 412 g/mol. The lowest BCUT2D eigenvalue weighted by Gasteiger charge is -2.09. The smallest absolute Gasteiger partial charge is 0.199 e. The Morgan fingerprint density at radius 2 is 1.31 bits per heavy atom. The van der Waals surface area contributed by atoms with Gasteiger partial charge in [-0.2, -0.15) is 0 Å². The Balaban J connectivity index is 1.63. The predicted octanol–water partition coefficient (Wildman–Crippen LogP) is 7.00. The fourth-order valence-electron chi connectivity index (χ4n) is 4.38. The molecule has 0 aliphatic heterocycles. The molecule has 150 valence electrons. The third-order valence-electron chi connectivity index (χ3n) is 5.83. The van der Waals surface area contributed by atoms with Gasteiger partial charge in [0.15, 0.2) is 11.3 Å². The van der Waals surface area contributed by atoms with E-state index in [2.05, 4.69) is 59.2 Å². The molecule has 0 atom stereocenters. The van der Waals surface area contributed by atoms with E-state index in [4.69, 9.17) is 15.0 Å². The van der Waals surface area contributed by atoms with Crippen molar-refractivity contribution < 1.29 is 0 Å². The Morgan fingerprint density at radius 3 is 2.19 bits per heavy atom. The van der Waals surface area contributed by atoms with Crippen molar-refractivity contribution in [1.82, 2.24) is 19.5 Å². The van der Waals surface area contributed by atoms with Gasteiger partial charge < -0.3 is 0 Å². The van der Waals surface area contributed by atoms with Gasteiger partial charge in [-0.15, -0.1) is 11.3 Å². The molecule has 3 aromatic heterocycles. The molecule has 0 N–H and O–H groups in total. The zero-order chi connectivity index (χ0) is 21.1. The van der Waals surface area contributed by atoms with E-state index in [1.807, 2.05) is 42.5 Å². The van der Waals surface area contributed by atoms with Crippen LogP contribution < -0.4 is 0 Å². The van der Waals surface area contributed by atoms with E-state index in [-0.39, 0.29) is 0 Å². The van der Waals surface area contributed by atoms with Gasteiger partial charge >= 0.3 is 0 Å². The number of imidazole rings is 1. The first-order chi connectivity index (χ1) is 15.9. The molecule has 32 heavy (non-hydrogen) atoms. The van der Waals surface area contributed by atoms with Gasteiger partial charge in [0, 0.05) is 31.4 Å². The maximum atomic E-state index is 5.03. The van der Waals surface area contributed by atoms with Crippen LogP contribution >= 0.6 is 11.3 Å². The molecule has 0 saturated carbocycles. The van der Waals surface area contributed by atoms with Crippen LogP contribution in [-0.2, 0) is 0 Å². The molecule has 0 spiro atoms. The van der Waals surface area contributed by atoms with Gasteiger partial charge in [0.1, 0.15) is 5.82 Å². The molecule has 4 nitrogen and oxygen atoms in total. The van der Waals surface area contributed by atoms with Crippen molar-refractivity contribution in [3.63, 3.8) is 0 Å². The lowest BCUT2D eigenvalue weighted by atomic mass is 10.1. The van der Waals surface area contributed by atoms with Gasteiger partial charge in [-0.1, -0.05) is 60.7 Å². The number of hydrogen-bond donors (Lipinski definition) is 0. The van der Waals surface area contributed by atoms with Crippen molar-refractivity contribution in [3.8, 4) is 17.1 Å². The Labute approximate surface area is 187 Å². The zero-order valence-electron chi connectivity index (χ0n) is 16.9. The van der Waals surface area contributed by atoms with Gasteiger partial charge in [0.2, 0.25) is 0 Å². The van der Waals surface area contributed by atoms with E-state index < -0.39 is 0 Å². The summed E-state index contributed by atoms with van der Waals surface area (Å²) < 4.78 is 4.64. The quantitative estimate of drug-likeness (QED) is 0.298. The Morgan fingerprint density at radius 1 is 0.594 bits per heavy atom. The Hall–Kier alpha value is -4.09. The number of rotatable bonds is 2. The summed E-state index contributed by atoms with van der Waals surface area (Å²) in [6.07, 6.45) is 0. The SMILES string of the molecule is c1ccc(-n2c(-c3cccc4c3sc3ccccc34)nc3nc4ccccc4nc32)cc1. The highest BCUT2D eigenvalue weighted by Gasteiger charge is 2.20. The van der Waals surface area contributed by atoms with E-state index >= 15 is 0 Å². The Bertz CT molecular complexity index is 1780. The molecular formula is C27H16N4S. The fraction of sp³-hybridized carbons (Fsp3) is 0. The van der Waals surface area contributed by atoms with Crippen LogP contribution in [0.15, 0.2) is 97.1 Å². The monoisotopic (exact) mass is 428 g/mol. The fourth-order valence-corrected chi connectivity index (χ4v) is 5.59. The molecule has 7 aromatic rings. The normalized spacial score (nSPS) is 11.8. The number of fused-ring (bicyclic) bond motifs is 5. The van der Waals surface area contributed by atoms with Crippen LogP contribution in [0.4, 0.5) is 0 Å². The highest BCUT2D eigenvalue weighted by atomic mass is 32.1. The van der Waals surface area contributed by atoms with Gasteiger partial charge in [0.05, 0.1) is 11.0 Å². The largest absolute Gasteiger partial charge is 0.275 e. The summed E-state index contributed by atoms with van der Waals surface area (Å²) in [6, 6.07) is 33.3. The van der Waals surface area contributed by atoms with Crippen LogP contribution in [0.3, 0.4) is 0 Å². The number of benzene rings is 4. The summed E-state index contributed by atoms with van der Waals surface area (Å²) >= 11 is 1.81. The topological polar surface area (TPSA) is 43.6 Å². The van der Waals surface area contributed by atoms with Crippen LogP contribution in [0.25, 0.3) is 59.6 Å². The van der Waals surface area contributed by atoms with Crippen LogP contribution in [-0.4, -0.2) is 19.5 Å². The first kappa shape index (κ1) is 17.6. The average Bonchev–Trinajstić information content (AvgIpc) is 3.41. The molecule has 0 unspecified atom stereocenters. The summed E-state index contributed by atoms with van der Waals surface area (Å²) in [4.78, 5) is 14.8. The van der Waals surface area contributed by atoms with Crippen molar-refractivity contribution in [2.24, 2.45) is 0 Å². The molecule has 3 heterocycles. The molecule has 0 radical (unpaired) electrons. The van der Waals surface area contributed by atoms with Gasteiger partial charge in [-0.05, 0) is 36.4 Å². The summed E-state index contributed by atoms with van der Waals surface area (Å²) in [7, 11) is 0. The van der Waals surface area contributed by atoms with Crippen LogP contribution in [0.2, 0.25) is 0 Å². The minimum atomic E-state index is 0.653. The number of thiophene rings is 1. The number of nitrogens with zero attached hydrogens (tertiary/aromatic N) is 4. The minimum absolute atomic E-state index is 0.653. The van der Waals surface area contributed by atoms with Crippen molar-refractivity contribution >= 4 is 53.8 Å². The Kier molecular flexibility index (Phi) is 3.68. The van der Waals surface area contributed by atoms with Crippen LogP contribution in [0, 0.1) is 0 Å². The summed E-state index contributed by atoms with van der Waals surface area (Å²) in [5.41, 5.74) is 5.25. The summed E-state index contributed by atoms with van der Waals surface area (Å²) in [6.45, 7) is 0. The van der Waals surface area contributed by atoms with Gasteiger partial charge in [0.25, 0.3) is 0 Å². The van der Waals surface area contributed by atoms with Gasteiger partial charge in [-0.25, -0.2) is 15.0 Å². The van der Waals surface area contributed by atoms with E-state index in [1.165, 1.54) is 20.2 Å². The third-order valence-corrected chi connectivity index (χ3v) is 7.05. The summed E-state index contributed by atoms with van der Waals surface area (Å²) in [5.74, 6) is 0.860. The van der Waals surface area contributed by atoms with E-state index in [0.717, 1.165) is 33.8 Å². The molecule has 0 bridgehead atoms.